The molecule has 0 aromatic heterocycles. The van der Waals surface area contributed by atoms with Gasteiger partial charge in [-0.15, -0.1) is 0 Å². The van der Waals surface area contributed by atoms with Crippen molar-refractivity contribution in [2.45, 2.75) is 65.2 Å². The molecule has 152 valence electrons. The highest BCUT2D eigenvalue weighted by atomic mass is 19.1. The minimum absolute atomic E-state index is 0.295. The molecular weight excluding hydrogens is 358 g/mol. The topological polar surface area (TPSA) is 18.5 Å². The fraction of sp³-hybridized carbons (Fsp3) is 0.500. The van der Waals surface area contributed by atoms with Crippen LogP contribution in [0.15, 0.2) is 24.3 Å². The fourth-order valence-corrected chi connectivity index (χ4v) is 3.70. The zero-order valence-corrected chi connectivity index (χ0v) is 17.0. The first-order chi connectivity index (χ1) is 13.7. The third kappa shape index (κ3) is 4.48. The largest absolute Gasteiger partial charge is 0.491 e. The van der Waals surface area contributed by atoms with E-state index in [-0.39, 0.29) is 11.6 Å². The quantitative estimate of drug-likeness (QED) is 0.414. The molecule has 0 radical (unpaired) electrons. The van der Waals surface area contributed by atoms with Gasteiger partial charge in [0.1, 0.15) is 0 Å². The van der Waals surface area contributed by atoms with Crippen LogP contribution < -0.4 is 9.47 Å². The fourth-order valence-electron chi connectivity index (χ4n) is 3.70. The molecule has 3 rings (SSSR count). The Bertz CT molecular complexity index is 802. The van der Waals surface area contributed by atoms with Crippen LogP contribution in [0.4, 0.5) is 8.78 Å². The number of rotatable bonds is 10. The normalized spacial score (nSPS) is 12.4. The second-order valence-corrected chi connectivity index (χ2v) is 7.42. The lowest BCUT2D eigenvalue weighted by molar-refractivity contribution is 0.289. The molecule has 0 heterocycles. The van der Waals surface area contributed by atoms with Gasteiger partial charge in [0.15, 0.2) is 23.1 Å². The molecule has 0 fully saturated rings. The van der Waals surface area contributed by atoms with Crippen LogP contribution in [0.25, 0.3) is 11.1 Å². The predicted molar refractivity (Wildman–Crippen MR) is 109 cm³/mol. The number of hydrogen-bond donors (Lipinski definition) is 0. The lowest BCUT2D eigenvalue weighted by Crippen LogP contribution is -2.11. The second kappa shape index (κ2) is 9.90. The van der Waals surface area contributed by atoms with Gasteiger partial charge in [-0.2, -0.15) is 0 Å². The van der Waals surface area contributed by atoms with Gasteiger partial charge in [0.25, 0.3) is 0 Å². The first-order valence-corrected chi connectivity index (χ1v) is 10.6. The highest BCUT2D eigenvalue weighted by Gasteiger charge is 2.25. The van der Waals surface area contributed by atoms with E-state index in [1.165, 1.54) is 6.42 Å². The van der Waals surface area contributed by atoms with E-state index in [9.17, 15) is 8.78 Å². The van der Waals surface area contributed by atoms with E-state index in [2.05, 4.69) is 13.8 Å². The number of ether oxygens (including phenoxy) is 2. The Morgan fingerprint density at radius 1 is 0.679 bits per heavy atom. The Balaban J connectivity index is 1.78. The first-order valence-electron chi connectivity index (χ1n) is 10.6. The third-order valence-corrected chi connectivity index (χ3v) is 5.34. The maximum atomic E-state index is 15.0. The van der Waals surface area contributed by atoms with Crippen LogP contribution in [0.1, 0.15) is 63.5 Å². The van der Waals surface area contributed by atoms with Gasteiger partial charge in [-0.3, -0.25) is 0 Å². The zero-order chi connectivity index (χ0) is 19.9. The molecule has 0 spiro atoms. The molecule has 2 aromatic carbocycles. The summed E-state index contributed by atoms with van der Waals surface area (Å²) in [6.07, 6.45) is 7.19. The average Bonchev–Trinajstić information content (AvgIpc) is 2.71. The van der Waals surface area contributed by atoms with Crippen molar-refractivity contribution in [3.05, 3.63) is 47.0 Å². The SMILES string of the molecule is CCCCCCOc1ccc2c(c1F)CCc1c-2ccc(OCCCC)c1F. The Morgan fingerprint density at radius 2 is 1.18 bits per heavy atom. The third-order valence-electron chi connectivity index (χ3n) is 5.34. The van der Waals surface area contributed by atoms with Crippen LogP contribution in [-0.2, 0) is 12.8 Å². The van der Waals surface area contributed by atoms with Crippen LogP contribution >= 0.6 is 0 Å². The first kappa shape index (κ1) is 20.6. The molecule has 0 saturated carbocycles. The van der Waals surface area contributed by atoms with E-state index in [4.69, 9.17) is 9.47 Å². The van der Waals surface area contributed by atoms with Crippen molar-refractivity contribution in [1.82, 2.24) is 0 Å². The predicted octanol–water partition coefficient (Wildman–Crippen LogP) is 6.87. The lowest BCUT2D eigenvalue weighted by Gasteiger charge is -2.23. The second-order valence-electron chi connectivity index (χ2n) is 7.42. The monoisotopic (exact) mass is 388 g/mol. The summed E-state index contributed by atoms with van der Waals surface area (Å²) in [6.45, 7) is 5.27. The van der Waals surface area contributed by atoms with Gasteiger partial charge < -0.3 is 9.47 Å². The molecule has 2 nitrogen and oxygen atoms in total. The number of hydrogen-bond acceptors (Lipinski definition) is 2. The van der Waals surface area contributed by atoms with Crippen LogP contribution in [0.2, 0.25) is 0 Å². The van der Waals surface area contributed by atoms with Crippen LogP contribution in [0.5, 0.6) is 11.5 Å². The summed E-state index contributed by atoms with van der Waals surface area (Å²) in [4.78, 5) is 0. The van der Waals surface area contributed by atoms with Crippen LogP contribution in [0.3, 0.4) is 0 Å². The van der Waals surface area contributed by atoms with Crippen LogP contribution in [0, 0.1) is 11.6 Å². The van der Waals surface area contributed by atoms with Gasteiger partial charge in [-0.05, 0) is 60.1 Å². The summed E-state index contributed by atoms with van der Waals surface area (Å²) < 4.78 is 41.1. The van der Waals surface area contributed by atoms with E-state index >= 15 is 0 Å². The average molecular weight is 388 g/mol. The number of benzene rings is 2. The Hall–Kier alpha value is -2.10. The number of halogens is 2. The van der Waals surface area contributed by atoms with Gasteiger partial charge in [-0.1, -0.05) is 51.7 Å². The molecule has 1 aliphatic rings. The Morgan fingerprint density at radius 3 is 1.68 bits per heavy atom. The molecule has 0 saturated heterocycles. The summed E-state index contributed by atoms with van der Waals surface area (Å²) in [7, 11) is 0. The molecule has 0 aliphatic heterocycles. The highest BCUT2D eigenvalue weighted by molar-refractivity contribution is 5.75. The van der Waals surface area contributed by atoms with Crippen molar-refractivity contribution in [3.63, 3.8) is 0 Å². The molecule has 2 aromatic rings. The van der Waals surface area contributed by atoms with Crippen molar-refractivity contribution in [3.8, 4) is 22.6 Å². The Kier molecular flexibility index (Phi) is 7.30. The summed E-state index contributed by atoms with van der Waals surface area (Å²) in [5.41, 5.74) is 2.76. The molecule has 0 N–H and O–H groups in total. The molecule has 4 heteroatoms. The number of fused-ring (bicyclic) bond motifs is 3. The van der Waals surface area contributed by atoms with E-state index in [0.29, 0.717) is 48.7 Å². The molecule has 0 unspecified atom stereocenters. The van der Waals surface area contributed by atoms with Crippen molar-refractivity contribution in [1.29, 1.82) is 0 Å². The smallest absolute Gasteiger partial charge is 0.168 e. The molecule has 0 bridgehead atoms. The zero-order valence-electron chi connectivity index (χ0n) is 17.0. The van der Waals surface area contributed by atoms with Crippen molar-refractivity contribution in [2.75, 3.05) is 13.2 Å². The van der Waals surface area contributed by atoms with Gasteiger partial charge >= 0.3 is 0 Å². The molecule has 0 amide bonds. The van der Waals surface area contributed by atoms with E-state index in [1.54, 1.807) is 12.1 Å². The van der Waals surface area contributed by atoms with Crippen molar-refractivity contribution < 1.29 is 18.3 Å². The van der Waals surface area contributed by atoms with Gasteiger partial charge in [0.05, 0.1) is 13.2 Å². The van der Waals surface area contributed by atoms with E-state index < -0.39 is 0 Å². The number of unbranched alkanes of at least 4 members (excludes halogenated alkanes) is 4. The highest BCUT2D eigenvalue weighted by Crippen LogP contribution is 2.40. The molecule has 1 aliphatic carbocycles. The maximum absolute atomic E-state index is 15.0. The molecule has 0 atom stereocenters. The minimum Gasteiger partial charge on any atom is -0.491 e. The Labute approximate surface area is 166 Å². The van der Waals surface area contributed by atoms with E-state index in [0.717, 1.165) is 43.2 Å². The molecule has 28 heavy (non-hydrogen) atoms. The summed E-state index contributed by atoms with van der Waals surface area (Å²) in [5, 5.41) is 0. The van der Waals surface area contributed by atoms with Gasteiger partial charge in [0, 0.05) is 0 Å². The standard InChI is InChI=1S/C24H30F2O2/c1-3-5-7-8-16-28-22-14-12-18-17-11-13-21(27-15-6-4-2)23(25)19(17)9-10-20(18)24(22)26/h11-14H,3-10,15-16H2,1-2H3. The maximum Gasteiger partial charge on any atom is 0.168 e. The summed E-state index contributed by atoms with van der Waals surface area (Å²) in [6, 6.07) is 7.04. The lowest BCUT2D eigenvalue weighted by atomic mass is 9.84. The van der Waals surface area contributed by atoms with Gasteiger partial charge in [-0.25, -0.2) is 8.78 Å². The van der Waals surface area contributed by atoms with Crippen LogP contribution in [-0.4, -0.2) is 13.2 Å². The summed E-state index contributed by atoms with van der Waals surface area (Å²) >= 11 is 0. The van der Waals surface area contributed by atoms with Crippen molar-refractivity contribution in [2.24, 2.45) is 0 Å². The molecular formula is C24H30F2O2. The van der Waals surface area contributed by atoms with E-state index in [1.807, 2.05) is 12.1 Å². The minimum atomic E-state index is -0.309. The van der Waals surface area contributed by atoms with Crippen molar-refractivity contribution >= 4 is 0 Å². The summed E-state index contributed by atoms with van der Waals surface area (Å²) in [5.74, 6) is -0.0138. The van der Waals surface area contributed by atoms with Gasteiger partial charge in [0.2, 0.25) is 0 Å².